The number of methoxy groups -OCH3 is 1. The van der Waals surface area contributed by atoms with Gasteiger partial charge in [0, 0.05) is 32.0 Å². The minimum absolute atomic E-state index is 0.413. The lowest BCUT2D eigenvalue weighted by Crippen LogP contribution is -2.13. The summed E-state index contributed by atoms with van der Waals surface area (Å²) in [4.78, 5) is 8.27. The van der Waals surface area contributed by atoms with E-state index in [0.717, 1.165) is 37.4 Å². The largest absolute Gasteiger partial charge is 0.382 e. The SMILES string of the molecule is COCCOCCCCNc1nc(NN)ncc1C. The Hall–Kier alpha value is -1.44. The van der Waals surface area contributed by atoms with Gasteiger partial charge in [-0.1, -0.05) is 0 Å². The molecule has 0 bridgehead atoms. The molecule has 1 aromatic heterocycles. The Morgan fingerprint density at radius 2 is 2.11 bits per heavy atom. The summed E-state index contributed by atoms with van der Waals surface area (Å²) < 4.78 is 10.3. The maximum atomic E-state index is 5.38. The summed E-state index contributed by atoms with van der Waals surface area (Å²) in [5.41, 5.74) is 3.43. The number of unbranched alkanes of at least 4 members (excludes halogenated alkanes) is 1. The second-order valence-corrected chi connectivity index (χ2v) is 4.11. The molecular weight excluding hydrogens is 246 g/mol. The number of hydrazine groups is 1. The molecule has 0 aromatic carbocycles. The highest BCUT2D eigenvalue weighted by Gasteiger charge is 2.01. The van der Waals surface area contributed by atoms with Gasteiger partial charge in [-0.25, -0.2) is 10.8 Å². The van der Waals surface area contributed by atoms with E-state index in [4.69, 9.17) is 15.3 Å². The zero-order valence-corrected chi connectivity index (χ0v) is 11.6. The number of rotatable bonds is 10. The van der Waals surface area contributed by atoms with Gasteiger partial charge in [-0.15, -0.1) is 0 Å². The van der Waals surface area contributed by atoms with Crippen LogP contribution in [0.5, 0.6) is 0 Å². The van der Waals surface area contributed by atoms with Crippen LogP contribution in [0.3, 0.4) is 0 Å². The van der Waals surface area contributed by atoms with Gasteiger partial charge in [0.1, 0.15) is 5.82 Å². The normalized spacial score (nSPS) is 10.5. The fourth-order valence-electron chi connectivity index (χ4n) is 1.47. The molecule has 0 fully saturated rings. The summed E-state index contributed by atoms with van der Waals surface area (Å²) in [5, 5.41) is 3.26. The average Bonchev–Trinajstić information content (AvgIpc) is 2.43. The average molecular weight is 269 g/mol. The molecule has 0 radical (unpaired) electrons. The Kier molecular flexibility index (Phi) is 7.80. The van der Waals surface area contributed by atoms with Crippen molar-refractivity contribution in [2.75, 3.05) is 44.2 Å². The van der Waals surface area contributed by atoms with Gasteiger partial charge in [-0.05, 0) is 19.8 Å². The standard InChI is InChI=1S/C12H23N5O2/c1-10-9-15-12(17-13)16-11(10)14-5-3-4-6-19-8-7-18-2/h9H,3-8,13H2,1-2H3,(H2,14,15,16,17). The molecule has 0 saturated carbocycles. The summed E-state index contributed by atoms with van der Waals surface area (Å²) in [7, 11) is 1.67. The van der Waals surface area contributed by atoms with E-state index in [9.17, 15) is 0 Å². The summed E-state index contributed by atoms with van der Waals surface area (Å²) in [6.07, 6.45) is 3.75. The van der Waals surface area contributed by atoms with Crippen molar-refractivity contribution in [1.29, 1.82) is 0 Å². The summed E-state index contributed by atoms with van der Waals surface area (Å²) in [6, 6.07) is 0. The van der Waals surface area contributed by atoms with Gasteiger partial charge in [0.15, 0.2) is 0 Å². The van der Waals surface area contributed by atoms with Gasteiger partial charge in [-0.3, -0.25) is 5.43 Å². The number of aromatic nitrogens is 2. The van der Waals surface area contributed by atoms with Crippen LogP contribution in [0, 0.1) is 6.92 Å². The summed E-state index contributed by atoms with van der Waals surface area (Å²) in [6.45, 7) is 4.85. The lowest BCUT2D eigenvalue weighted by atomic mass is 10.3. The number of nitrogens with one attached hydrogen (secondary N) is 2. The molecule has 0 aliphatic rings. The van der Waals surface area contributed by atoms with E-state index in [-0.39, 0.29) is 0 Å². The Morgan fingerprint density at radius 3 is 2.84 bits per heavy atom. The van der Waals surface area contributed by atoms with Crippen molar-refractivity contribution in [1.82, 2.24) is 9.97 Å². The highest BCUT2D eigenvalue weighted by molar-refractivity contribution is 5.45. The molecule has 0 unspecified atom stereocenters. The maximum Gasteiger partial charge on any atom is 0.239 e. The van der Waals surface area contributed by atoms with Crippen molar-refractivity contribution < 1.29 is 9.47 Å². The lowest BCUT2D eigenvalue weighted by Gasteiger charge is -2.09. The Labute approximate surface area is 113 Å². The molecule has 0 aliphatic heterocycles. The van der Waals surface area contributed by atoms with Crippen LogP contribution in [0.4, 0.5) is 11.8 Å². The molecule has 1 aromatic rings. The first-order valence-corrected chi connectivity index (χ1v) is 6.38. The van der Waals surface area contributed by atoms with Gasteiger partial charge < -0.3 is 14.8 Å². The first-order valence-electron chi connectivity index (χ1n) is 6.38. The third-order valence-electron chi connectivity index (χ3n) is 2.54. The zero-order valence-electron chi connectivity index (χ0n) is 11.6. The number of hydrogen-bond acceptors (Lipinski definition) is 7. The van der Waals surface area contributed by atoms with Gasteiger partial charge in [0.25, 0.3) is 0 Å². The van der Waals surface area contributed by atoms with Crippen molar-refractivity contribution in [3.63, 3.8) is 0 Å². The predicted octanol–water partition coefficient (Wildman–Crippen LogP) is 0.926. The molecular formula is C12H23N5O2. The smallest absolute Gasteiger partial charge is 0.239 e. The van der Waals surface area contributed by atoms with Crippen LogP contribution in [0.2, 0.25) is 0 Å². The fraction of sp³-hybridized carbons (Fsp3) is 0.667. The molecule has 0 spiro atoms. The number of nitrogens with zero attached hydrogens (tertiary/aromatic N) is 2. The van der Waals surface area contributed by atoms with Gasteiger partial charge in [0.2, 0.25) is 5.95 Å². The summed E-state index contributed by atoms with van der Waals surface area (Å²) >= 11 is 0. The van der Waals surface area contributed by atoms with Crippen molar-refractivity contribution in [2.45, 2.75) is 19.8 Å². The number of nitrogens with two attached hydrogens (primary N) is 1. The number of hydrogen-bond donors (Lipinski definition) is 3. The van der Waals surface area contributed by atoms with Crippen molar-refractivity contribution >= 4 is 11.8 Å². The third kappa shape index (κ3) is 6.32. The Morgan fingerprint density at radius 1 is 1.26 bits per heavy atom. The highest BCUT2D eigenvalue weighted by Crippen LogP contribution is 2.11. The van der Waals surface area contributed by atoms with Gasteiger partial charge in [-0.2, -0.15) is 4.98 Å². The minimum Gasteiger partial charge on any atom is -0.382 e. The monoisotopic (exact) mass is 269 g/mol. The molecule has 108 valence electrons. The zero-order chi connectivity index (χ0) is 13.9. The van der Waals surface area contributed by atoms with Crippen LogP contribution in [0.25, 0.3) is 0 Å². The first-order chi connectivity index (χ1) is 9.27. The second kappa shape index (κ2) is 9.48. The molecule has 7 heteroatoms. The molecule has 4 N–H and O–H groups in total. The Bertz CT molecular complexity index is 362. The molecule has 0 aliphatic carbocycles. The fourth-order valence-corrected chi connectivity index (χ4v) is 1.47. The molecule has 19 heavy (non-hydrogen) atoms. The van der Waals surface area contributed by atoms with E-state index in [2.05, 4.69) is 20.7 Å². The van der Waals surface area contributed by atoms with Crippen LogP contribution < -0.4 is 16.6 Å². The minimum atomic E-state index is 0.413. The van der Waals surface area contributed by atoms with Gasteiger partial charge >= 0.3 is 0 Å². The third-order valence-corrected chi connectivity index (χ3v) is 2.54. The van der Waals surface area contributed by atoms with Crippen LogP contribution in [0.1, 0.15) is 18.4 Å². The number of ether oxygens (including phenoxy) is 2. The predicted molar refractivity (Wildman–Crippen MR) is 75.0 cm³/mol. The molecule has 0 atom stereocenters. The van der Waals surface area contributed by atoms with E-state index < -0.39 is 0 Å². The first kappa shape index (κ1) is 15.6. The second-order valence-electron chi connectivity index (χ2n) is 4.11. The number of aryl methyl sites for hydroxylation is 1. The Balaban J connectivity index is 2.15. The van der Waals surface area contributed by atoms with Crippen molar-refractivity contribution in [2.24, 2.45) is 5.84 Å². The van der Waals surface area contributed by atoms with Crippen LogP contribution in [0.15, 0.2) is 6.20 Å². The van der Waals surface area contributed by atoms with Crippen molar-refractivity contribution in [3.05, 3.63) is 11.8 Å². The van der Waals surface area contributed by atoms with Crippen LogP contribution in [-0.4, -0.2) is 43.4 Å². The number of anilines is 2. The molecule has 1 heterocycles. The lowest BCUT2D eigenvalue weighted by molar-refractivity contribution is 0.0691. The van der Waals surface area contributed by atoms with Crippen LogP contribution >= 0.6 is 0 Å². The van der Waals surface area contributed by atoms with Gasteiger partial charge in [0.05, 0.1) is 13.2 Å². The van der Waals surface area contributed by atoms with Crippen molar-refractivity contribution in [3.8, 4) is 0 Å². The topological polar surface area (TPSA) is 94.3 Å². The van der Waals surface area contributed by atoms with E-state index >= 15 is 0 Å². The quantitative estimate of drug-likeness (QED) is 0.330. The maximum absolute atomic E-state index is 5.38. The van der Waals surface area contributed by atoms with E-state index in [0.29, 0.717) is 19.2 Å². The van der Waals surface area contributed by atoms with E-state index in [1.165, 1.54) is 0 Å². The highest BCUT2D eigenvalue weighted by atomic mass is 16.5. The molecule has 0 amide bonds. The summed E-state index contributed by atoms with van der Waals surface area (Å²) in [5.74, 6) is 6.50. The van der Waals surface area contributed by atoms with E-state index in [1.807, 2.05) is 6.92 Å². The molecule has 7 nitrogen and oxygen atoms in total. The molecule has 0 saturated heterocycles. The van der Waals surface area contributed by atoms with E-state index in [1.54, 1.807) is 13.3 Å². The number of nitrogen functional groups attached to an aromatic ring is 1. The van der Waals surface area contributed by atoms with Crippen LogP contribution in [-0.2, 0) is 9.47 Å². The molecule has 1 rings (SSSR count).